The number of nitrogens with zero attached hydrogens (tertiary/aromatic N) is 6. The number of hydrogen-bond donors (Lipinski definition) is 1. The summed E-state index contributed by atoms with van der Waals surface area (Å²) in [5.41, 5.74) is -0.573. The normalized spacial score (nSPS) is 16.8. The Morgan fingerprint density at radius 1 is 1.22 bits per heavy atom. The van der Waals surface area contributed by atoms with E-state index < -0.39 is 11.9 Å². The van der Waals surface area contributed by atoms with Gasteiger partial charge in [-0.25, -0.2) is 19.6 Å². The van der Waals surface area contributed by atoms with E-state index in [-0.39, 0.29) is 17.7 Å². The first-order valence-corrected chi connectivity index (χ1v) is 8.42. The Morgan fingerprint density at radius 2 is 2.07 bits per heavy atom. The minimum Gasteiger partial charge on any atom is -0.365 e. The number of halogens is 3. The fourth-order valence-corrected chi connectivity index (χ4v) is 3.05. The minimum absolute atomic E-state index is 0.0199. The van der Waals surface area contributed by atoms with Crippen LogP contribution in [0.3, 0.4) is 0 Å². The number of aromatic nitrogens is 6. The zero-order valence-electron chi connectivity index (χ0n) is 14.4. The van der Waals surface area contributed by atoms with Crippen molar-refractivity contribution in [3.63, 3.8) is 0 Å². The predicted molar refractivity (Wildman–Crippen MR) is 90.8 cm³/mol. The Bertz CT molecular complexity index is 953. The maximum Gasteiger partial charge on any atom is 0.433 e. The lowest BCUT2D eigenvalue weighted by Crippen LogP contribution is -2.32. The van der Waals surface area contributed by atoms with Crippen LogP contribution in [0.15, 0.2) is 30.6 Å². The highest BCUT2D eigenvalue weighted by Gasteiger charge is 2.34. The van der Waals surface area contributed by atoms with Gasteiger partial charge in [-0.15, -0.1) is 0 Å². The lowest BCUT2D eigenvalue weighted by atomic mass is 10.1. The van der Waals surface area contributed by atoms with Crippen LogP contribution in [0.4, 0.5) is 19.0 Å². The van der Waals surface area contributed by atoms with Crippen LogP contribution in [0.5, 0.6) is 0 Å². The fourth-order valence-electron chi connectivity index (χ4n) is 3.05. The summed E-state index contributed by atoms with van der Waals surface area (Å²) in [5.74, 6) is 1.68. The third kappa shape index (κ3) is 3.74. The smallest absolute Gasteiger partial charge is 0.365 e. The Labute approximate surface area is 152 Å². The molecule has 1 aliphatic heterocycles. The summed E-state index contributed by atoms with van der Waals surface area (Å²) in [4.78, 5) is 16.2. The average molecular weight is 375 g/mol. The summed E-state index contributed by atoms with van der Waals surface area (Å²) in [7, 11) is 0. The quantitative estimate of drug-likeness (QED) is 0.758. The first-order chi connectivity index (χ1) is 12.9. The van der Waals surface area contributed by atoms with Crippen LogP contribution in [0.1, 0.15) is 23.8 Å². The lowest BCUT2D eigenvalue weighted by Gasteiger charge is -2.24. The summed E-state index contributed by atoms with van der Waals surface area (Å²) in [6.07, 6.45) is -0.170. The molecule has 0 saturated carbocycles. The van der Waals surface area contributed by atoms with Crippen LogP contribution in [-0.2, 0) is 19.1 Å². The number of rotatable bonds is 3. The van der Waals surface area contributed by atoms with Crippen LogP contribution in [0, 0.1) is 6.92 Å². The van der Waals surface area contributed by atoms with Crippen LogP contribution < -0.4 is 5.32 Å². The molecule has 4 heterocycles. The van der Waals surface area contributed by atoms with Crippen LogP contribution in [0.2, 0.25) is 0 Å². The molecule has 1 unspecified atom stereocenters. The number of aryl methyl sites for hydroxylation is 2. The maximum absolute atomic E-state index is 13.3. The number of pyridine rings is 1. The zero-order chi connectivity index (χ0) is 19.0. The summed E-state index contributed by atoms with van der Waals surface area (Å²) in [6, 6.07) is 4.08. The van der Waals surface area contributed by atoms with Gasteiger partial charge in [-0.05, 0) is 25.5 Å². The van der Waals surface area contributed by atoms with Gasteiger partial charge in [0.2, 0.25) is 0 Å². The molecule has 0 aliphatic carbocycles. The Morgan fingerprint density at radius 3 is 2.81 bits per heavy atom. The van der Waals surface area contributed by atoms with Gasteiger partial charge in [0.25, 0.3) is 0 Å². The van der Waals surface area contributed by atoms with E-state index in [1.165, 1.54) is 12.4 Å². The highest BCUT2D eigenvalue weighted by atomic mass is 19.4. The summed E-state index contributed by atoms with van der Waals surface area (Å²) < 4.78 is 41.6. The molecular formula is C17H16F3N7. The van der Waals surface area contributed by atoms with Crippen molar-refractivity contribution in [2.45, 2.75) is 38.5 Å². The van der Waals surface area contributed by atoms with E-state index in [1.807, 2.05) is 6.92 Å². The molecule has 0 bridgehead atoms. The van der Waals surface area contributed by atoms with Gasteiger partial charge in [-0.2, -0.15) is 18.3 Å². The van der Waals surface area contributed by atoms with Gasteiger partial charge in [0.1, 0.15) is 17.5 Å². The molecular weight excluding hydrogens is 359 g/mol. The lowest BCUT2D eigenvalue weighted by molar-refractivity contribution is -0.141. The standard InChI is InChI=1S/C17H16F3N7/c1-10-22-15-5-4-12(9-27(15)26-10)23-14-7-13(17(18,19)20)24-16(25-14)11-3-2-6-21-8-11/h2-3,6-8,12H,4-5,9H2,1H3,(H,23,24,25). The second kappa shape index (κ2) is 6.60. The Balaban J connectivity index is 1.64. The molecule has 0 radical (unpaired) electrons. The third-order valence-electron chi connectivity index (χ3n) is 4.25. The fraction of sp³-hybridized carbons (Fsp3) is 0.353. The average Bonchev–Trinajstić information content (AvgIpc) is 3.01. The highest BCUT2D eigenvalue weighted by molar-refractivity contribution is 5.56. The second-order valence-corrected chi connectivity index (χ2v) is 6.34. The van der Waals surface area contributed by atoms with Gasteiger partial charge >= 0.3 is 6.18 Å². The van der Waals surface area contributed by atoms with E-state index >= 15 is 0 Å². The Hall–Kier alpha value is -3.04. The topological polar surface area (TPSA) is 81.4 Å². The molecule has 0 amide bonds. The molecule has 10 heteroatoms. The van der Waals surface area contributed by atoms with Crippen molar-refractivity contribution in [1.29, 1.82) is 0 Å². The molecule has 3 aromatic rings. The van der Waals surface area contributed by atoms with E-state index in [9.17, 15) is 13.2 Å². The van der Waals surface area contributed by atoms with Gasteiger partial charge < -0.3 is 5.32 Å². The van der Waals surface area contributed by atoms with Crippen molar-refractivity contribution in [3.8, 4) is 11.4 Å². The van der Waals surface area contributed by atoms with Crippen molar-refractivity contribution < 1.29 is 13.2 Å². The zero-order valence-corrected chi connectivity index (χ0v) is 14.4. The van der Waals surface area contributed by atoms with E-state index in [0.717, 1.165) is 18.3 Å². The van der Waals surface area contributed by atoms with Crippen molar-refractivity contribution >= 4 is 5.82 Å². The van der Waals surface area contributed by atoms with E-state index in [2.05, 4.69) is 30.4 Å². The predicted octanol–water partition coefficient (Wildman–Crippen LogP) is 2.88. The number of hydrogen-bond acceptors (Lipinski definition) is 6. The first kappa shape index (κ1) is 17.4. The molecule has 7 nitrogen and oxygen atoms in total. The molecule has 27 heavy (non-hydrogen) atoms. The van der Waals surface area contributed by atoms with Crippen molar-refractivity contribution in [2.75, 3.05) is 5.32 Å². The van der Waals surface area contributed by atoms with Gasteiger partial charge in [0, 0.05) is 36.5 Å². The van der Waals surface area contributed by atoms with E-state index in [1.54, 1.807) is 16.8 Å². The molecule has 4 rings (SSSR count). The molecule has 0 spiro atoms. The number of anilines is 1. The summed E-state index contributed by atoms with van der Waals surface area (Å²) in [6.45, 7) is 2.33. The molecule has 0 aromatic carbocycles. The maximum atomic E-state index is 13.3. The monoisotopic (exact) mass is 375 g/mol. The molecule has 140 valence electrons. The second-order valence-electron chi connectivity index (χ2n) is 6.34. The minimum atomic E-state index is -4.57. The molecule has 1 N–H and O–H groups in total. The Kier molecular flexibility index (Phi) is 4.25. The van der Waals surface area contributed by atoms with Crippen LogP contribution in [-0.4, -0.2) is 35.8 Å². The van der Waals surface area contributed by atoms with Crippen molar-refractivity contribution in [2.24, 2.45) is 0 Å². The van der Waals surface area contributed by atoms with Crippen molar-refractivity contribution in [1.82, 2.24) is 29.7 Å². The molecule has 0 fully saturated rings. The van der Waals surface area contributed by atoms with E-state index in [4.69, 9.17) is 0 Å². The van der Waals surface area contributed by atoms with Gasteiger partial charge in [0.05, 0.1) is 6.54 Å². The van der Waals surface area contributed by atoms with E-state index in [0.29, 0.717) is 24.4 Å². The largest absolute Gasteiger partial charge is 0.433 e. The summed E-state index contributed by atoms with van der Waals surface area (Å²) >= 11 is 0. The van der Waals surface area contributed by atoms with Crippen LogP contribution >= 0.6 is 0 Å². The number of nitrogens with one attached hydrogen (secondary N) is 1. The van der Waals surface area contributed by atoms with Crippen LogP contribution in [0.25, 0.3) is 11.4 Å². The number of fused-ring (bicyclic) bond motifs is 1. The third-order valence-corrected chi connectivity index (χ3v) is 4.25. The summed E-state index contributed by atoms with van der Waals surface area (Å²) in [5, 5.41) is 7.40. The van der Waals surface area contributed by atoms with Gasteiger partial charge in [-0.1, -0.05) is 0 Å². The molecule has 3 aromatic heterocycles. The molecule has 0 saturated heterocycles. The number of alkyl halides is 3. The SMILES string of the molecule is Cc1nc2n(n1)CC(Nc1cc(C(F)(F)F)nc(-c3cccnc3)n1)CC2. The first-order valence-electron chi connectivity index (χ1n) is 8.42. The molecule has 1 atom stereocenters. The molecule has 1 aliphatic rings. The van der Waals surface area contributed by atoms with Gasteiger partial charge in [0.15, 0.2) is 11.5 Å². The van der Waals surface area contributed by atoms with Gasteiger partial charge in [-0.3, -0.25) is 4.98 Å². The highest BCUT2D eigenvalue weighted by Crippen LogP contribution is 2.31. The van der Waals surface area contributed by atoms with Crippen molar-refractivity contribution in [3.05, 3.63) is 47.9 Å².